The molecule has 2 atom stereocenters. The van der Waals surface area contributed by atoms with E-state index in [1.807, 2.05) is 36.2 Å². The van der Waals surface area contributed by atoms with Crippen molar-refractivity contribution in [3.63, 3.8) is 0 Å². The van der Waals surface area contributed by atoms with Gasteiger partial charge < -0.3 is 9.47 Å². The third kappa shape index (κ3) is 2.82. The van der Waals surface area contributed by atoms with E-state index in [9.17, 15) is 9.59 Å². The molecule has 2 amide bonds. The van der Waals surface area contributed by atoms with Crippen LogP contribution in [0.3, 0.4) is 0 Å². The second-order valence-corrected chi connectivity index (χ2v) is 7.84. The summed E-state index contributed by atoms with van der Waals surface area (Å²) in [6, 6.07) is 15.5. The van der Waals surface area contributed by atoms with Crippen molar-refractivity contribution < 1.29 is 14.8 Å². The number of nitrogens with one attached hydrogen (secondary N) is 1. The van der Waals surface area contributed by atoms with Crippen molar-refractivity contribution in [3.05, 3.63) is 70.9 Å². The molecule has 2 N–H and O–H groups in total. The van der Waals surface area contributed by atoms with Crippen LogP contribution in [0.5, 0.6) is 0 Å². The third-order valence-electron chi connectivity index (χ3n) is 6.03. The third-order valence-corrected chi connectivity index (χ3v) is 6.03. The lowest BCUT2D eigenvalue weighted by molar-refractivity contribution is -0.139. The predicted octanol–water partition coefficient (Wildman–Crippen LogP) is 2.14. The minimum Gasteiger partial charge on any atom is -0.339 e. The van der Waals surface area contributed by atoms with Gasteiger partial charge in [0, 0.05) is 48.8 Å². The average molecular weight is 390 g/mol. The van der Waals surface area contributed by atoms with Crippen molar-refractivity contribution in [2.45, 2.75) is 19.0 Å². The van der Waals surface area contributed by atoms with Crippen molar-refractivity contribution in [1.29, 1.82) is 0 Å². The van der Waals surface area contributed by atoms with Crippen molar-refractivity contribution in [1.82, 2.24) is 19.8 Å². The van der Waals surface area contributed by atoms with E-state index in [1.165, 1.54) is 5.69 Å². The molecule has 148 valence electrons. The van der Waals surface area contributed by atoms with E-state index in [4.69, 9.17) is 5.21 Å². The van der Waals surface area contributed by atoms with Gasteiger partial charge in [0.15, 0.2) is 0 Å². The number of amides is 2. The fourth-order valence-electron chi connectivity index (χ4n) is 4.70. The zero-order valence-corrected chi connectivity index (χ0v) is 16.1. The number of hydroxylamine groups is 1. The maximum atomic E-state index is 12.9. The van der Waals surface area contributed by atoms with Gasteiger partial charge in [0.2, 0.25) is 5.91 Å². The normalized spacial score (nSPS) is 20.6. The van der Waals surface area contributed by atoms with Crippen LogP contribution in [0, 0.1) is 0 Å². The van der Waals surface area contributed by atoms with Crippen LogP contribution in [-0.2, 0) is 17.9 Å². The summed E-state index contributed by atoms with van der Waals surface area (Å²) >= 11 is 0. The highest BCUT2D eigenvalue weighted by Crippen LogP contribution is 2.40. The fourth-order valence-corrected chi connectivity index (χ4v) is 4.70. The molecule has 0 spiro atoms. The molecular weight excluding hydrogens is 368 g/mol. The van der Waals surface area contributed by atoms with Gasteiger partial charge in [0.05, 0.1) is 12.6 Å². The summed E-state index contributed by atoms with van der Waals surface area (Å²) in [5.74, 6) is -0.465. The number of fused-ring (bicyclic) bond motifs is 6. The zero-order valence-electron chi connectivity index (χ0n) is 16.1. The van der Waals surface area contributed by atoms with Crippen molar-refractivity contribution in [3.8, 4) is 0 Å². The standard InChI is InChI=1S/C22H22N4O3/c1-24-13-25-11-17(22(24)28)20-16-4-2-3-5-18(16)26(19(20)12-25)10-14-6-8-15(9-7-14)21(27)23-29/h2-9,17,29H,10-13H2,1H3,(H,23,27). The molecule has 1 saturated heterocycles. The molecule has 3 aromatic rings. The van der Waals surface area contributed by atoms with E-state index < -0.39 is 5.91 Å². The van der Waals surface area contributed by atoms with Gasteiger partial charge in [-0.2, -0.15) is 0 Å². The van der Waals surface area contributed by atoms with Crippen LogP contribution in [0.4, 0.5) is 0 Å². The number of rotatable bonds is 3. The molecule has 2 aliphatic heterocycles. The number of aromatic nitrogens is 1. The Morgan fingerprint density at radius 3 is 2.69 bits per heavy atom. The Balaban J connectivity index is 1.60. The van der Waals surface area contributed by atoms with Gasteiger partial charge >= 0.3 is 0 Å². The lowest BCUT2D eigenvalue weighted by Gasteiger charge is -2.42. The van der Waals surface area contributed by atoms with Crippen LogP contribution in [0.15, 0.2) is 48.5 Å². The molecule has 2 unspecified atom stereocenters. The predicted molar refractivity (Wildman–Crippen MR) is 108 cm³/mol. The molecule has 2 aromatic carbocycles. The first-order valence-corrected chi connectivity index (χ1v) is 9.67. The SMILES string of the molecule is CN1CN2Cc3c(c4ccccc4n3Cc3ccc(C(=O)NO)cc3)C(C2)C1=O. The van der Waals surface area contributed by atoms with Crippen LogP contribution in [0.1, 0.15) is 33.1 Å². The molecule has 5 rings (SSSR count). The first kappa shape index (κ1) is 17.9. The summed E-state index contributed by atoms with van der Waals surface area (Å²) in [5, 5.41) is 9.94. The van der Waals surface area contributed by atoms with E-state index in [1.54, 1.807) is 17.6 Å². The van der Waals surface area contributed by atoms with Crippen molar-refractivity contribution in [2.24, 2.45) is 0 Å². The summed E-state index contributed by atoms with van der Waals surface area (Å²) in [6.07, 6.45) is 0. The smallest absolute Gasteiger partial charge is 0.274 e. The van der Waals surface area contributed by atoms with Gasteiger partial charge in [0.1, 0.15) is 0 Å². The van der Waals surface area contributed by atoms with E-state index >= 15 is 0 Å². The first-order chi connectivity index (χ1) is 14.1. The number of para-hydroxylation sites is 1. The molecule has 1 fully saturated rings. The van der Waals surface area contributed by atoms with Crippen LogP contribution >= 0.6 is 0 Å². The second-order valence-electron chi connectivity index (χ2n) is 7.84. The van der Waals surface area contributed by atoms with Crippen LogP contribution in [0.25, 0.3) is 10.9 Å². The highest BCUT2D eigenvalue weighted by Gasteiger charge is 2.40. The second kappa shape index (κ2) is 6.72. The van der Waals surface area contributed by atoms with Gasteiger partial charge in [-0.05, 0) is 29.3 Å². The summed E-state index contributed by atoms with van der Waals surface area (Å²) in [5.41, 5.74) is 6.59. The Morgan fingerprint density at radius 2 is 1.93 bits per heavy atom. The Hall–Kier alpha value is -3.16. The molecule has 0 radical (unpaired) electrons. The van der Waals surface area contributed by atoms with Gasteiger partial charge in [-0.15, -0.1) is 0 Å². The van der Waals surface area contributed by atoms with Crippen LogP contribution in [0.2, 0.25) is 0 Å². The minimum absolute atomic E-state index is 0.126. The molecule has 1 aromatic heterocycles. The molecule has 3 heterocycles. The lowest BCUT2D eigenvalue weighted by Crippen LogP contribution is -2.52. The van der Waals surface area contributed by atoms with Crippen LogP contribution < -0.4 is 5.48 Å². The molecule has 7 heteroatoms. The van der Waals surface area contributed by atoms with E-state index in [2.05, 4.69) is 21.6 Å². The monoisotopic (exact) mass is 390 g/mol. The Bertz CT molecular complexity index is 1120. The maximum absolute atomic E-state index is 12.9. The number of nitrogens with zero attached hydrogens (tertiary/aromatic N) is 3. The molecule has 7 nitrogen and oxygen atoms in total. The highest BCUT2D eigenvalue weighted by atomic mass is 16.5. The number of benzene rings is 2. The number of carbonyl (C=O) groups excluding carboxylic acids is 2. The first-order valence-electron chi connectivity index (χ1n) is 9.67. The molecule has 0 saturated carbocycles. The molecule has 29 heavy (non-hydrogen) atoms. The number of hydrogen-bond donors (Lipinski definition) is 2. The molecule has 0 aliphatic carbocycles. The van der Waals surface area contributed by atoms with Crippen molar-refractivity contribution in [2.75, 3.05) is 20.3 Å². The number of hydrogen-bond acceptors (Lipinski definition) is 4. The molecule has 2 bridgehead atoms. The van der Waals surface area contributed by atoms with Gasteiger partial charge in [-0.1, -0.05) is 30.3 Å². The minimum atomic E-state index is -0.524. The quantitative estimate of drug-likeness (QED) is 0.531. The molecular formula is C22H22N4O3. The Kier molecular flexibility index (Phi) is 4.15. The van der Waals surface area contributed by atoms with Gasteiger partial charge in [0.25, 0.3) is 5.91 Å². The van der Waals surface area contributed by atoms with Gasteiger partial charge in [-0.3, -0.25) is 19.7 Å². The topological polar surface area (TPSA) is 77.8 Å². The van der Waals surface area contributed by atoms with E-state index in [0.29, 0.717) is 18.8 Å². The van der Waals surface area contributed by atoms with E-state index in [-0.39, 0.29) is 11.8 Å². The average Bonchev–Trinajstić information content (AvgIpc) is 3.05. The highest BCUT2D eigenvalue weighted by molar-refractivity contribution is 5.95. The lowest BCUT2D eigenvalue weighted by atomic mass is 9.89. The van der Waals surface area contributed by atoms with E-state index in [0.717, 1.165) is 35.1 Å². The number of carbonyl (C=O) groups is 2. The Morgan fingerprint density at radius 1 is 1.17 bits per heavy atom. The largest absolute Gasteiger partial charge is 0.339 e. The summed E-state index contributed by atoms with van der Waals surface area (Å²) in [7, 11) is 1.87. The zero-order chi connectivity index (χ0) is 20.1. The van der Waals surface area contributed by atoms with Crippen LogP contribution in [-0.4, -0.2) is 51.6 Å². The summed E-state index contributed by atoms with van der Waals surface area (Å²) in [4.78, 5) is 28.6. The van der Waals surface area contributed by atoms with Crippen molar-refractivity contribution >= 4 is 22.7 Å². The summed E-state index contributed by atoms with van der Waals surface area (Å²) < 4.78 is 2.30. The molecule has 2 aliphatic rings. The Labute approximate surface area is 168 Å². The summed E-state index contributed by atoms with van der Waals surface area (Å²) in [6.45, 7) is 2.89. The van der Waals surface area contributed by atoms with Gasteiger partial charge in [-0.25, -0.2) is 5.48 Å². The number of likely N-dealkylation sites (N-methyl/N-ethyl adjacent to an activating group) is 1. The fraction of sp³-hybridized carbons (Fsp3) is 0.273. The maximum Gasteiger partial charge on any atom is 0.274 e.